The Morgan fingerprint density at radius 2 is 1.75 bits per heavy atom. The van der Waals surface area contributed by atoms with Crippen molar-refractivity contribution in [1.82, 2.24) is 0 Å². The lowest BCUT2D eigenvalue weighted by Crippen LogP contribution is -2.07. The number of nitrogens with one attached hydrogen (secondary N) is 1. The van der Waals surface area contributed by atoms with Gasteiger partial charge in [0.15, 0.2) is 0 Å². The highest BCUT2D eigenvalue weighted by Gasteiger charge is 2.10. The van der Waals surface area contributed by atoms with Crippen LogP contribution in [0.3, 0.4) is 0 Å². The second-order valence-corrected chi connectivity index (χ2v) is 7.01. The predicted molar refractivity (Wildman–Crippen MR) is 94.6 cm³/mol. The molecule has 106 valence electrons. The number of rotatable bonds is 4. The summed E-state index contributed by atoms with van der Waals surface area (Å²) in [4.78, 5) is 0. The fraction of sp³-hybridized carbons (Fsp3) is 0.200. The Morgan fingerprint density at radius 1 is 1.00 bits per heavy atom. The van der Waals surface area contributed by atoms with Gasteiger partial charge in [0.05, 0.1) is 11.6 Å². The minimum Gasteiger partial charge on any atom is -0.495 e. The molecule has 0 spiro atoms. The highest BCUT2D eigenvalue weighted by atomic mass is 79.9. The van der Waals surface area contributed by atoms with Crippen molar-refractivity contribution < 1.29 is 4.74 Å². The first kappa shape index (κ1) is 15.9. The summed E-state index contributed by atoms with van der Waals surface area (Å²) in [6.45, 7) is 2.13. The summed E-state index contributed by atoms with van der Waals surface area (Å²) in [5.41, 5.74) is 2.22. The molecule has 0 heterocycles. The van der Waals surface area contributed by atoms with Gasteiger partial charge in [-0.15, -0.1) is 0 Å². The van der Waals surface area contributed by atoms with Crippen LogP contribution in [0.15, 0.2) is 49.8 Å². The van der Waals surface area contributed by atoms with Crippen LogP contribution in [-0.2, 0) is 0 Å². The molecule has 5 heteroatoms. The summed E-state index contributed by atoms with van der Waals surface area (Å²) in [7, 11) is 1.67. The second-order valence-electron chi connectivity index (χ2n) is 4.38. The number of hydrogen-bond donors (Lipinski definition) is 1. The van der Waals surface area contributed by atoms with Crippen molar-refractivity contribution in [2.75, 3.05) is 12.4 Å². The van der Waals surface area contributed by atoms with Crippen LogP contribution in [0.1, 0.15) is 18.5 Å². The number of hydrogen-bond acceptors (Lipinski definition) is 2. The minimum atomic E-state index is 0.184. The molecule has 0 aliphatic heterocycles. The Morgan fingerprint density at radius 3 is 2.40 bits per heavy atom. The van der Waals surface area contributed by atoms with E-state index in [0.717, 1.165) is 24.9 Å². The Kier molecular flexibility index (Phi) is 5.52. The van der Waals surface area contributed by atoms with Crippen molar-refractivity contribution >= 4 is 53.5 Å². The highest BCUT2D eigenvalue weighted by molar-refractivity contribution is 9.11. The van der Waals surface area contributed by atoms with Gasteiger partial charge in [-0.3, -0.25) is 0 Å². The molecule has 0 amide bonds. The maximum absolute atomic E-state index is 5.31. The van der Waals surface area contributed by atoms with E-state index in [0.29, 0.717) is 0 Å². The van der Waals surface area contributed by atoms with Gasteiger partial charge in [-0.05, 0) is 52.7 Å². The molecule has 20 heavy (non-hydrogen) atoms. The summed E-state index contributed by atoms with van der Waals surface area (Å²) < 4.78 is 8.40. The molecule has 0 fully saturated rings. The number of anilines is 1. The lowest BCUT2D eigenvalue weighted by molar-refractivity contribution is 0.412. The SMILES string of the molecule is COc1cc(NC(C)c2ccc(Br)cc2Br)ccc1Br. The standard InChI is InChI=1S/C15H14Br3NO/c1-9(12-5-3-10(16)7-14(12)18)19-11-4-6-13(17)15(8-11)20-2/h3-9,19H,1-2H3. The predicted octanol–water partition coefficient (Wildman–Crippen LogP) is 6.16. The van der Waals surface area contributed by atoms with E-state index in [9.17, 15) is 0 Å². The smallest absolute Gasteiger partial charge is 0.135 e. The van der Waals surface area contributed by atoms with Crippen molar-refractivity contribution in [2.45, 2.75) is 13.0 Å². The van der Waals surface area contributed by atoms with E-state index < -0.39 is 0 Å². The Balaban J connectivity index is 2.21. The third-order valence-electron chi connectivity index (χ3n) is 2.96. The second kappa shape index (κ2) is 6.96. The molecule has 0 radical (unpaired) electrons. The molecular weight excluding hydrogens is 450 g/mol. The van der Waals surface area contributed by atoms with Crippen LogP contribution in [0.2, 0.25) is 0 Å². The summed E-state index contributed by atoms with van der Waals surface area (Å²) >= 11 is 10.5. The first-order chi connectivity index (χ1) is 9.51. The van der Waals surface area contributed by atoms with Crippen molar-refractivity contribution in [2.24, 2.45) is 0 Å². The van der Waals surface area contributed by atoms with Gasteiger partial charge >= 0.3 is 0 Å². The topological polar surface area (TPSA) is 21.3 Å². The zero-order chi connectivity index (χ0) is 14.7. The third kappa shape index (κ3) is 3.77. The minimum absolute atomic E-state index is 0.184. The normalized spacial score (nSPS) is 12.1. The largest absolute Gasteiger partial charge is 0.495 e. The fourth-order valence-electron chi connectivity index (χ4n) is 1.93. The number of ether oxygens (including phenoxy) is 1. The summed E-state index contributed by atoms with van der Waals surface area (Å²) in [6.07, 6.45) is 0. The van der Waals surface area contributed by atoms with Crippen LogP contribution in [-0.4, -0.2) is 7.11 Å². The molecule has 2 aromatic carbocycles. The van der Waals surface area contributed by atoms with Crippen LogP contribution in [0.4, 0.5) is 5.69 Å². The lowest BCUT2D eigenvalue weighted by atomic mass is 10.1. The van der Waals surface area contributed by atoms with Crippen molar-refractivity contribution in [3.05, 3.63) is 55.4 Å². The van der Waals surface area contributed by atoms with Gasteiger partial charge in [-0.1, -0.05) is 37.9 Å². The maximum atomic E-state index is 5.31. The van der Waals surface area contributed by atoms with Crippen molar-refractivity contribution in [3.63, 3.8) is 0 Å². The first-order valence-corrected chi connectivity index (χ1v) is 8.44. The quantitative estimate of drug-likeness (QED) is 0.586. The molecular formula is C15H14Br3NO. The van der Waals surface area contributed by atoms with Crippen LogP contribution in [0.25, 0.3) is 0 Å². The lowest BCUT2D eigenvalue weighted by Gasteiger charge is -2.18. The fourth-order valence-corrected chi connectivity index (χ4v) is 3.73. The highest BCUT2D eigenvalue weighted by Crippen LogP contribution is 2.32. The number of methoxy groups -OCH3 is 1. The molecule has 1 N–H and O–H groups in total. The van der Waals surface area contributed by atoms with E-state index in [1.54, 1.807) is 7.11 Å². The van der Waals surface area contributed by atoms with E-state index in [1.807, 2.05) is 24.3 Å². The van der Waals surface area contributed by atoms with Crippen LogP contribution in [0, 0.1) is 0 Å². The molecule has 2 rings (SSSR count). The monoisotopic (exact) mass is 461 g/mol. The number of benzene rings is 2. The van der Waals surface area contributed by atoms with Crippen LogP contribution in [0.5, 0.6) is 5.75 Å². The maximum Gasteiger partial charge on any atom is 0.135 e. The van der Waals surface area contributed by atoms with Gasteiger partial charge in [0.1, 0.15) is 5.75 Å². The molecule has 0 aliphatic carbocycles. The van der Waals surface area contributed by atoms with Gasteiger partial charge < -0.3 is 10.1 Å². The Hall–Kier alpha value is -0.520. The molecule has 2 aromatic rings. The van der Waals surface area contributed by atoms with Crippen molar-refractivity contribution in [1.29, 1.82) is 0 Å². The summed E-state index contributed by atoms with van der Waals surface area (Å²) in [5.74, 6) is 0.817. The zero-order valence-corrected chi connectivity index (χ0v) is 15.8. The molecule has 0 saturated carbocycles. The van der Waals surface area contributed by atoms with Crippen LogP contribution >= 0.6 is 47.8 Å². The van der Waals surface area contributed by atoms with E-state index in [4.69, 9.17) is 4.74 Å². The van der Waals surface area contributed by atoms with E-state index in [2.05, 4.69) is 72.2 Å². The summed E-state index contributed by atoms with van der Waals surface area (Å²) in [6, 6.07) is 12.4. The first-order valence-electron chi connectivity index (χ1n) is 6.06. The Labute approximate surface area is 144 Å². The van der Waals surface area contributed by atoms with Gasteiger partial charge in [0, 0.05) is 26.7 Å². The van der Waals surface area contributed by atoms with E-state index >= 15 is 0 Å². The van der Waals surface area contributed by atoms with Gasteiger partial charge in [0.2, 0.25) is 0 Å². The zero-order valence-electron chi connectivity index (χ0n) is 11.1. The molecule has 0 saturated heterocycles. The summed E-state index contributed by atoms with van der Waals surface area (Å²) in [5, 5.41) is 3.47. The average molecular weight is 464 g/mol. The molecule has 0 aromatic heterocycles. The number of halogens is 3. The van der Waals surface area contributed by atoms with Crippen molar-refractivity contribution in [3.8, 4) is 5.75 Å². The molecule has 2 nitrogen and oxygen atoms in total. The van der Waals surface area contributed by atoms with E-state index in [1.165, 1.54) is 5.56 Å². The molecule has 0 aliphatic rings. The Bertz CT molecular complexity index is 616. The van der Waals surface area contributed by atoms with E-state index in [-0.39, 0.29) is 6.04 Å². The molecule has 0 bridgehead atoms. The van der Waals surface area contributed by atoms with Crippen LogP contribution < -0.4 is 10.1 Å². The average Bonchev–Trinajstić information content (AvgIpc) is 2.40. The van der Waals surface area contributed by atoms with Gasteiger partial charge in [-0.2, -0.15) is 0 Å². The molecule has 1 atom stereocenters. The van der Waals surface area contributed by atoms with Gasteiger partial charge in [-0.25, -0.2) is 0 Å². The third-order valence-corrected chi connectivity index (χ3v) is 4.80. The van der Waals surface area contributed by atoms with Gasteiger partial charge in [0.25, 0.3) is 0 Å². The molecule has 1 unspecified atom stereocenters.